The van der Waals surface area contributed by atoms with E-state index in [-0.39, 0.29) is 37.0 Å². The van der Waals surface area contributed by atoms with Crippen molar-refractivity contribution in [3.63, 3.8) is 0 Å². The highest BCUT2D eigenvalue weighted by Crippen LogP contribution is 2.34. The van der Waals surface area contributed by atoms with Gasteiger partial charge in [-0.05, 0) is 60.9 Å². The molecule has 0 bridgehead atoms. The van der Waals surface area contributed by atoms with Crippen molar-refractivity contribution in [2.45, 2.75) is 52.1 Å². The van der Waals surface area contributed by atoms with E-state index in [4.69, 9.17) is 9.47 Å². The van der Waals surface area contributed by atoms with Gasteiger partial charge in [0.1, 0.15) is 25.5 Å². The van der Waals surface area contributed by atoms with Crippen molar-refractivity contribution in [1.29, 1.82) is 0 Å². The minimum Gasteiger partial charge on any atom is -0.491 e. The second kappa shape index (κ2) is 11.0. The van der Waals surface area contributed by atoms with E-state index in [2.05, 4.69) is 37.4 Å². The summed E-state index contributed by atoms with van der Waals surface area (Å²) in [5, 5.41) is 2.08. The number of thiophene rings is 1. The molecule has 0 spiro atoms. The average molecular weight is 459 g/mol. The third-order valence-corrected chi connectivity index (χ3v) is 6.88. The minimum absolute atomic E-state index is 0.0287. The van der Waals surface area contributed by atoms with Crippen LogP contribution in [0.15, 0.2) is 35.7 Å². The van der Waals surface area contributed by atoms with Crippen LogP contribution < -0.4 is 4.74 Å². The molecule has 1 aromatic heterocycles. The van der Waals surface area contributed by atoms with Crippen LogP contribution in [0.5, 0.6) is 5.75 Å². The van der Waals surface area contributed by atoms with E-state index >= 15 is 0 Å². The van der Waals surface area contributed by atoms with Gasteiger partial charge in [0.05, 0.1) is 6.04 Å². The molecule has 0 N–H and O–H groups in total. The minimum atomic E-state index is -0.179. The van der Waals surface area contributed by atoms with E-state index in [1.807, 2.05) is 30.9 Å². The second-order valence-corrected chi connectivity index (χ2v) is 9.74. The van der Waals surface area contributed by atoms with Gasteiger partial charge in [0.2, 0.25) is 11.8 Å². The van der Waals surface area contributed by atoms with Gasteiger partial charge in [-0.15, -0.1) is 11.3 Å². The van der Waals surface area contributed by atoms with E-state index in [0.717, 1.165) is 17.7 Å². The highest BCUT2D eigenvalue weighted by molar-refractivity contribution is 7.10. The standard InChI is InChI=1S/C25H34N2O4S/c1-17(2)19-6-8-20(9-7-19)31-15-22-21-11-13-32-23(21)10-12-26(22)24(28)14-27(18(3)4)25(29)16-30-5/h6-9,11,13,17-18,22H,10,12,14-16H2,1-5H3/t22-/m1/s1. The number of hydrogen-bond donors (Lipinski definition) is 0. The Balaban J connectivity index is 1.75. The molecular weight excluding hydrogens is 424 g/mol. The summed E-state index contributed by atoms with van der Waals surface area (Å²) in [6, 6.07) is 9.98. The van der Waals surface area contributed by atoms with Gasteiger partial charge in [0.25, 0.3) is 0 Å². The first kappa shape index (κ1) is 24.3. The van der Waals surface area contributed by atoms with Gasteiger partial charge in [-0.2, -0.15) is 0 Å². The Morgan fingerprint density at radius 3 is 2.50 bits per heavy atom. The number of carbonyl (C=O) groups is 2. The van der Waals surface area contributed by atoms with Crippen molar-refractivity contribution >= 4 is 23.2 Å². The fourth-order valence-electron chi connectivity index (χ4n) is 4.00. The van der Waals surface area contributed by atoms with Crippen LogP contribution >= 0.6 is 11.3 Å². The quantitative estimate of drug-likeness (QED) is 0.563. The van der Waals surface area contributed by atoms with E-state index in [9.17, 15) is 9.59 Å². The Morgan fingerprint density at radius 1 is 1.16 bits per heavy atom. The van der Waals surface area contributed by atoms with Crippen molar-refractivity contribution in [3.8, 4) is 5.75 Å². The van der Waals surface area contributed by atoms with Crippen LogP contribution in [-0.2, 0) is 20.7 Å². The smallest absolute Gasteiger partial charge is 0.249 e. The molecule has 1 aliphatic heterocycles. The van der Waals surface area contributed by atoms with Crippen LogP contribution in [-0.4, -0.2) is 61.1 Å². The Kier molecular flexibility index (Phi) is 8.32. The number of nitrogens with zero attached hydrogens (tertiary/aromatic N) is 2. The Labute approximate surface area is 195 Å². The molecule has 1 aliphatic rings. The maximum absolute atomic E-state index is 13.3. The molecule has 1 atom stereocenters. The molecule has 32 heavy (non-hydrogen) atoms. The summed E-state index contributed by atoms with van der Waals surface area (Å²) in [6.07, 6.45) is 0.825. The van der Waals surface area contributed by atoms with Gasteiger partial charge >= 0.3 is 0 Å². The first-order valence-corrected chi connectivity index (χ1v) is 12.1. The normalized spacial score (nSPS) is 15.7. The molecule has 2 aromatic rings. The fourth-order valence-corrected chi connectivity index (χ4v) is 4.93. The predicted molar refractivity (Wildman–Crippen MR) is 127 cm³/mol. The van der Waals surface area contributed by atoms with Gasteiger partial charge in [0.15, 0.2) is 0 Å². The molecule has 174 valence electrons. The number of fused-ring (bicyclic) bond motifs is 1. The molecule has 1 aromatic carbocycles. The lowest BCUT2D eigenvalue weighted by molar-refractivity contribution is -0.146. The summed E-state index contributed by atoms with van der Waals surface area (Å²) in [6.45, 7) is 9.17. The predicted octanol–water partition coefficient (Wildman–Crippen LogP) is 4.26. The summed E-state index contributed by atoms with van der Waals surface area (Å²) in [7, 11) is 1.49. The SMILES string of the molecule is COCC(=O)N(CC(=O)N1CCc2sccc2[C@H]1COc1ccc(C(C)C)cc1)C(C)C. The maximum atomic E-state index is 13.3. The molecule has 0 radical (unpaired) electrons. The lowest BCUT2D eigenvalue weighted by Crippen LogP contribution is -2.50. The highest BCUT2D eigenvalue weighted by Gasteiger charge is 2.34. The third kappa shape index (κ3) is 5.70. The molecule has 6 nitrogen and oxygen atoms in total. The van der Waals surface area contributed by atoms with Crippen LogP contribution in [0.4, 0.5) is 0 Å². The highest BCUT2D eigenvalue weighted by atomic mass is 32.1. The molecule has 0 unspecified atom stereocenters. The average Bonchev–Trinajstić information content (AvgIpc) is 3.24. The monoisotopic (exact) mass is 458 g/mol. The number of carbonyl (C=O) groups excluding carboxylic acids is 2. The molecule has 7 heteroatoms. The lowest BCUT2D eigenvalue weighted by Gasteiger charge is -2.37. The summed E-state index contributed by atoms with van der Waals surface area (Å²) in [4.78, 5) is 30.5. The summed E-state index contributed by atoms with van der Waals surface area (Å²) >= 11 is 1.73. The zero-order valence-corrected chi connectivity index (χ0v) is 20.5. The van der Waals surface area contributed by atoms with Crippen molar-refractivity contribution < 1.29 is 19.1 Å². The van der Waals surface area contributed by atoms with E-state index in [1.165, 1.54) is 17.6 Å². The van der Waals surface area contributed by atoms with Crippen molar-refractivity contribution in [2.75, 3.05) is 33.4 Å². The number of benzene rings is 1. The molecule has 0 saturated carbocycles. The molecule has 2 heterocycles. The molecule has 0 fully saturated rings. The first-order chi connectivity index (χ1) is 15.3. The molecule has 0 saturated heterocycles. The number of hydrogen-bond acceptors (Lipinski definition) is 5. The topological polar surface area (TPSA) is 59.1 Å². The zero-order valence-electron chi connectivity index (χ0n) is 19.7. The lowest BCUT2D eigenvalue weighted by atomic mass is 10.00. The van der Waals surface area contributed by atoms with E-state index in [1.54, 1.807) is 16.2 Å². The first-order valence-electron chi connectivity index (χ1n) is 11.2. The van der Waals surface area contributed by atoms with Crippen LogP contribution in [0.1, 0.15) is 55.7 Å². The van der Waals surface area contributed by atoms with Gasteiger partial charge in [0, 0.05) is 24.6 Å². The van der Waals surface area contributed by atoms with Crippen LogP contribution in [0.25, 0.3) is 0 Å². The van der Waals surface area contributed by atoms with Crippen molar-refractivity contribution in [2.24, 2.45) is 0 Å². The van der Waals surface area contributed by atoms with Crippen LogP contribution in [0, 0.1) is 0 Å². The second-order valence-electron chi connectivity index (χ2n) is 8.74. The number of methoxy groups -OCH3 is 1. The van der Waals surface area contributed by atoms with Crippen LogP contribution in [0.3, 0.4) is 0 Å². The third-order valence-electron chi connectivity index (χ3n) is 5.89. The molecule has 3 rings (SSSR count). The van der Waals surface area contributed by atoms with Gasteiger partial charge in [-0.25, -0.2) is 0 Å². The zero-order chi connectivity index (χ0) is 23.3. The Bertz CT molecular complexity index is 907. The number of rotatable bonds is 9. The Hall–Kier alpha value is -2.38. The largest absolute Gasteiger partial charge is 0.491 e. The molecule has 2 amide bonds. The summed E-state index contributed by atoms with van der Waals surface area (Å²) in [5.41, 5.74) is 2.41. The van der Waals surface area contributed by atoms with Crippen molar-refractivity contribution in [1.82, 2.24) is 9.80 Å². The van der Waals surface area contributed by atoms with E-state index in [0.29, 0.717) is 19.1 Å². The maximum Gasteiger partial charge on any atom is 0.249 e. The van der Waals surface area contributed by atoms with Crippen molar-refractivity contribution in [3.05, 3.63) is 51.7 Å². The van der Waals surface area contributed by atoms with Gasteiger partial charge < -0.3 is 19.3 Å². The number of ether oxygens (including phenoxy) is 2. The van der Waals surface area contributed by atoms with Gasteiger partial charge in [-0.3, -0.25) is 9.59 Å². The molecular formula is C25H34N2O4S. The van der Waals surface area contributed by atoms with Crippen LogP contribution in [0.2, 0.25) is 0 Å². The summed E-state index contributed by atoms with van der Waals surface area (Å²) in [5.74, 6) is 1.02. The van der Waals surface area contributed by atoms with Gasteiger partial charge in [-0.1, -0.05) is 26.0 Å². The number of amides is 2. The fraction of sp³-hybridized carbons (Fsp3) is 0.520. The Morgan fingerprint density at radius 2 is 1.88 bits per heavy atom. The summed E-state index contributed by atoms with van der Waals surface area (Å²) < 4.78 is 11.1. The van der Waals surface area contributed by atoms with E-state index < -0.39 is 0 Å². The molecule has 0 aliphatic carbocycles.